The van der Waals surface area contributed by atoms with E-state index in [2.05, 4.69) is 63.5 Å². The van der Waals surface area contributed by atoms with Gasteiger partial charge in [-0.1, -0.05) is 109 Å². The lowest BCUT2D eigenvalue weighted by Crippen LogP contribution is -2.39. The van der Waals surface area contributed by atoms with Crippen molar-refractivity contribution in [1.82, 2.24) is 34.6 Å². The van der Waals surface area contributed by atoms with Crippen LogP contribution in [0.3, 0.4) is 0 Å². The molecule has 264 valence electrons. The molecule has 3 heterocycles. The first kappa shape index (κ1) is 34.6. The summed E-state index contributed by atoms with van der Waals surface area (Å²) in [5, 5.41) is 0. The van der Waals surface area contributed by atoms with Crippen LogP contribution in [0.1, 0.15) is 60.7 Å². The first-order valence-electron chi connectivity index (χ1n) is 17.9. The van der Waals surface area contributed by atoms with E-state index >= 15 is 0 Å². The van der Waals surface area contributed by atoms with Gasteiger partial charge in [-0.25, -0.2) is 9.97 Å². The molecular weight excluding hydrogens is 647 g/mol. The van der Waals surface area contributed by atoms with Crippen LogP contribution in [0.25, 0.3) is 33.6 Å². The molecule has 9 heteroatoms. The van der Waals surface area contributed by atoms with Crippen molar-refractivity contribution < 1.29 is 9.59 Å². The minimum Gasteiger partial charge on any atom is -0.340 e. The minimum absolute atomic E-state index is 0.0106. The van der Waals surface area contributed by atoms with Gasteiger partial charge < -0.3 is 19.8 Å². The van der Waals surface area contributed by atoms with Crippen LogP contribution in [0.15, 0.2) is 122 Å². The van der Waals surface area contributed by atoms with E-state index in [-0.39, 0.29) is 29.9 Å². The van der Waals surface area contributed by atoms with Crippen molar-refractivity contribution in [3.05, 3.63) is 144 Å². The Bertz CT molecular complexity index is 2100. The number of nitrogens with zero attached hydrogens (tertiary/aromatic N) is 5. The number of H-pyrrole nitrogens is 2. The number of aromatic nitrogens is 4. The largest absolute Gasteiger partial charge is 0.340 e. The maximum atomic E-state index is 13.6. The fraction of sp³-hybridized carbons (Fsp3) is 0.256. The number of carbonyl (C=O) groups is 2. The Morgan fingerprint density at radius 1 is 0.750 bits per heavy atom. The van der Waals surface area contributed by atoms with Gasteiger partial charge >= 0.3 is 0 Å². The third-order valence-corrected chi connectivity index (χ3v) is 10.2. The molecule has 0 unspecified atom stereocenters. The van der Waals surface area contributed by atoms with Crippen LogP contribution in [-0.4, -0.2) is 74.1 Å². The van der Waals surface area contributed by atoms with Crippen LogP contribution in [0, 0.1) is 0 Å². The summed E-state index contributed by atoms with van der Waals surface area (Å²) in [6.45, 7) is 2.75. The molecule has 1 saturated heterocycles. The van der Waals surface area contributed by atoms with E-state index in [1.165, 1.54) is 0 Å². The van der Waals surface area contributed by atoms with Crippen molar-refractivity contribution in [2.45, 2.75) is 44.3 Å². The van der Waals surface area contributed by atoms with Crippen LogP contribution in [0.5, 0.6) is 0 Å². The molecule has 0 spiro atoms. The summed E-state index contributed by atoms with van der Waals surface area (Å²) in [6, 6.07) is 36.0. The van der Waals surface area contributed by atoms with Gasteiger partial charge in [0.05, 0.1) is 42.3 Å². The molecule has 6 aromatic rings. The average Bonchev–Trinajstić information content (AvgIpc) is 3.97. The Morgan fingerprint density at radius 2 is 1.31 bits per heavy atom. The van der Waals surface area contributed by atoms with Crippen molar-refractivity contribution in [2.75, 3.05) is 27.7 Å². The number of amides is 2. The molecule has 0 saturated carbocycles. The first-order chi connectivity index (χ1) is 25.3. The van der Waals surface area contributed by atoms with Gasteiger partial charge in [0.2, 0.25) is 11.8 Å². The van der Waals surface area contributed by atoms with Gasteiger partial charge in [0.15, 0.2) is 0 Å². The highest BCUT2D eigenvalue weighted by Gasteiger charge is 2.32. The summed E-state index contributed by atoms with van der Waals surface area (Å²) in [7, 11) is 5.68. The second-order valence-electron chi connectivity index (χ2n) is 13.8. The number of rotatable bonds is 11. The van der Waals surface area contributed by atoms with Gasteiger partial charge in [-0.2, -0.15) is 0 Å². The van der Waals surface area contributed by atoms with E-state index < -0.39 is 0 Å². The lowest BCUT2D eigenvalue weighted by atomic mass is 10.0. The van der Waals surface area contributed by atoms with E-state index in [0.29, 0.717) is 6.42 Å². The molecule has 2 N–H and O–H groups in total. The molecule has 1 fully saturated rings. The fourth-order valence-corrected chi connectivity index (χ4v) is 7.12. The lowest BCUT2D eigenvalue weighted by Gasteiger charge is -2.31. The SMILES string of the molecule is C[C@@H](c1ncc(-c2ccc(-c3ccc(-c4cnc([C@@H]5CCCN5C(=O)Cc5ccccc5)[nH]4)cc3)cc2)[nH]1)N(C)C(=O)[C@@H](c1ccccc1)N(C)C. The number of likely N-dealkylation sites (tertiary alicyclic amines) is 1. The highest BCUT2D eigenvalue weighted by atomic mass is 16.2. The van der Waals surface area contributed by atoms with Crippen molar-refractivity contribution >= 4 is 11.8 Å². The highest BCUT2D eigenvalue weighted by molar-refractivity contribution is 5.83. The molecule has 0 aliphatic carbocycles. The Hall–Kier alpha value is -5.80. The fourth-order valence-electron chi connectivity index (χ4n) is 7.12. The minimum atomic E-state index is -0.383. The summed E-state index contributed by atoms with van der Waals surface area (Å²) in [5.74, 6) is 1.73. The number of nitrogens with one attached hydrogen (secondary N) is 2. The number of carbonyl (C=O) groups excluding carboxylic acids is 2. The second kappa shape index (κ2) is 15.2. The molecule has 3 atom stereocenters. The number of hydrogen-bond donors (Lipinski definition) is 2. The second-order valence-corrected chi connectivity index (χ2v) is 13.8. The van der Waals surface area contributed by atoms with E-state index in [1.807, 2.05) is 111 Å². The van der Waals surface area contributed by atoms with Crippen LogP contribution in [0.4, 0.5) is 0 Å². The van der Waals surface area contributed by atoms with Crippen LogP contribution >= 0.6 is 0 Å². The zero-order valence-corrected chi connectivity index (χ0v) is 30.2. The quantitative estimate of drug-likeness (QED) is 0.144. The van der Waals surface area contributed by atoms with E-state index in [0.717, 1.165) is 75.8 Å². The Kier molecular flexibility index (Phi) is 10.1. The smallest absolute Gasteiger partial charge is 0.244 e. The summed E-state index contributed by atoms with van der Waals surface area (Å²) in [4.78, 5) is 48.8. The van der Waals surface area contributed by atoms with Gasteiger partial charge in [-0.05, 0) is 67.2 Å². The molecular formula is C43H45N7O2. The monoisotopic (exact) mass is 691 g/mol. The van der Waals surface area contributed by atoms with Gasteiger partial charge in [0.25, 0.3) is 0 Å². The summed E-state index contributed by atoms with van der Waals surface area (Å²) < 4.78 is 0. The number of benzene rings is 4. The maximum Gasteiger partial charge on any atom is 0.244 e. The molecule has 0 radical (unpaired) electrons. The van der Waals surface area contributed by atoms with E-state index in [9.17, 15) is 9.59 Å². The molecule has 2 amide bonds. The highest BCUT2D eigenvalue weighted by Crippen LogP contribution is 2.33. The molecule has 4 aromatic carbocycles. The Balaban J connectivity index is 0.991. The average molecular weight is 692 g/mol. The first-order valence-corrected chi connectivity index (χ1v) is 17.9. The predicted molar refractivity (Wildman–Crippen MR) is 205 cm³/mol. The van der Waals surface area contributed by atoms with Crippen molar-refractivity contribution in [2.24, 2.45) is 0 Å². The third kappa shape index (κ3) is 7.31. The van der Waals surface area contributed by atoms with E-state index in [1.54, 1.807) is 4.90 Å². The summed E-state index contributed by atoms with van der Waals surface area (Å²) in [6.07, 6.45) is 5.98. The van der Waals surface area contributed by atoms with Gasteiger partial charge in [0.1, 0.15) is 17.7 Å². The Labute approximate surface area is 305 Å². The third-order valence-electron chi connectivity index (χ3n) is 10.2. The van der Waals surface area contributed by atoms with Crippen molar-refractivity contribution in [3.8, 4) is 33.6 Å². The number of aromatic amines is 2. The number of hydrogen-bond acceptors (Lipinski definition) is 5. The standard InChI is InChI=1S/C43H45N7O2/c1-29(49(4)43(52)40(48(2)3)35-14-9-6-10-15-35)41-44-27-36(46-41)33-21-17-31(18-22-33)32-19-23-34(24-20-32)37-28-45-42(47-37)38-16-11-25-50(38)39(51)26-30-12-7-5-8-13-30/h5-10,12-15,17-24,27-29,38,40H,11,16,25-26H2,1-4H3,(H,44,46)(H,45,47)/t29-,38-,40+/m0/s1. The topological polar surface area (TPSA) is 101 Å². The van der Waals surface area contributed by atoms with Crippen LogP contribution in [0.2, 0.25) is 0 Å². The predicted octanol–water partition coefficient (Wildman–Crippen LogP) is 7.86. The molecule has 2 aromatic heterocycles. The van der Waals surface area contributed by atoms with Crippen molar-refractivity contribution in [1.29, 1.82) is 0 Å². The number of likely N-dealkylation sites (N-methyl/N-ethyl adjacent to an activating group) is 2. The lowest BCUT2D eigenvalue weighted by molar-refractivity contribution is -0.137. The molecule has 52 heavy (non-hydrogen) atoms. The zero-order chi connectivity index (χ0) is 36.2. The molecule has 0 bridgehead atoms. The molecule has 7 rings (SSSR count). The van der Waals surface area contributed by atoms with Gasteiger partial charge in [0, 0.05) is 13.6 Å². The molecule has 1 aliphatic rings. The summed E-state index contributed by atoms with van der Waals surface area (Å²) >= 11 is 0. The maximum absolute atomic E-state index is 13.6. The van der Waals surface area contributed by atoms with Gasteiger partial charge in [-0.15, -0.1) is 0 Å². The van der Waals surface area contributed by atoms with Crippen LogP contribution < -0.4 is 0 Å². The Morgan fingerprint density at radius 3 is 1.92 bits per heavy atom. The normalized spacial score (nSPS) is 15.5. The summed E-state index contributed by atoms with van der Waals surface area (Å²) in [5.41, 5.74) is 8.10. The van der Waals surface area contributed by atoms with E-state index in [4.69, 9.17) is 4.98 Å². The zero-order valence-electron chi connectivity index (χ0n) is 30.2. The molecule has 9 nitrogen and oxygen atoms in total. The van der Waals surface area contributed by atoms with Gasteiger partial charge in [-0.3, -0.25) is 14.5 Å². The van der Waals surface area contributed by atoms with Crippen molar-refractivity contribution in [3.63, 3.8) is 0 Å². The number of imidazole rings is 2. The van der Waals surface area contributed by atoms with Crippen LogP contribution in [-0.2, 0) is 16.0 Å². The molecule has 1 aliphatic heterocycles.